The van der Waals surface area contributed by atoms with Gasteiger partial charge < -0.3 is 10.1 Å². The van der Waals surface area contributed by atoms with Crippen molar-refractivity contribution in [3.05, 3.63) is 16.4 Å². The Balaban J connectivity index is 2.08. The third-order valence-corrected chi connectivity index (χ3v) is 4.41. The minimum Gasteiger partial charge on any atom is -0.378 e. The molecule has 1 atom stereocenters. The van der Waals surface area contributed by atoms with Gasteiger partial charge in [-0.1, -0.05) is 25.4 Å². The van der Waals surface area contributed by atoms with Crippen molar-refractivity contribution in [3.8, 4) is 0 Å². The molecule has 1 aliphatic heterocycles. The molecule has 1 aromatic heterocycles. The molecule has 1 fully saturated rings. The van der Waals surface area contributed by atoms with Crippen LogP contribution in [0.2, 0.25) is 5.02 Å². The molecule has 1 N–H and O–H groups in total. The smallest absolute Gasteiger partial charge is 0.0860 e. The molecule has 0 aliphatic carbocycles. The van der Waals surface area contributed by atoms with Crippen molar-refractivity contribution in [1.82, 2.24) is 20.0 Å². The molecule has 0 amide bonds. The maximum Gasteiger partial charge on any atom is 0.0860 e. The van der Waals surface area contributed by atoms with E-state index in [1.54, 1.807) is 0 Å². The van der Waals surface area contributed by atoms with Gasteiger partial charge in [0.05, 0.1) is 29.6 Å². The fourth-order valence-corrected chi connectivity index (χ4v) is 2.86. The largest absolute Gasteiger partial charge is 0.378 e. The molecule has 1 saturated heterocycles. The molecule has 1 unspecified atom stereocenters. The zero-order valence-electron chi connectivity index (χ0n) is 13.5. The van der Waals surface area contributed by atoms with Gasteiger partial charge in [0.2, 0.25) is 0 Å². The van der Waals surface area contributed by atoms with E-state index < -0.39 is 0 Å². The molecule has 0 bridgehead atoms. The van der Waals surface area contributed by atoms with Gasteiger partial charge in [-0.2, -0.15) is 5.10 Å². The van der Waals surface area contributed by atoms with E-state index in [2.05, 4.69) is 36.1 Å². The summed E-state index contributed by atoms with van der Waals surface area (Å²) in [4.78, 5) is 2.45. The van der Waals surface area contributed by atoms with E-state index in [0.717, 1.165) is 55.8 Å². The maximum absolute atomic E-state index is 6.43. The van der Waals surface area contributed by atoms with Gasteiger partial charge in [0.25, 0.3) is 0 Å². The minimum absolute atomic E-state index is 0.387. The molecule has 1 aliphatic rings. The van der Waals surface area contributed by atoms with E-state index in [9.17, 15) is 0 Å². The van der Waals surface area contributed by atoms with E-state index in [4.69, 9.17) is 16.3 Å². The van der Waals surface area contributed by atoms with Crippen LogP contribution in [0.3, 0.4) is 0 Å². The number of aryl methyl sites for hydroxylation is 2. The molecule has 21 heavy (non-hydrogen) atoms. The molecule has 0 radical (unpaired) electrons. The van der Waals surface area contributed by atoms with Crippen LogP contribution in [0.25, 0.3) is 0 Å². The summed E-state index contributed by atoms with van der Waals surface area (Å²) < 4.78 is 7.65. The van der Waals surface area contributed by atoms with Crippen molar-refractivity contribution in [2.24, 2.45) is 0 Å². The zero-order valence-corrected chi connectivity index (χ0v) is 14.3. The van der Waals surface area contributed by atoms with Crippen molar-refractivity contribution in [2.75, 3.05) is 26.3 Å². The summed E-state index contributed by atoms with van der Waals surface area (Å²) in [6.07, 6.45) is 0. The van der Waals surface area contributed by atoms with Crippen LogP contribution in [0.15, 0.2) is 0 Å². The van der Waals surface area contributed by atoms with Gasteiger partial charge >= 0.3 is 0 Å². The Hall–Kier alpha value is -0.620. The number of nitrogens with zero attached hydrogens (tertiary/aromatic N) is 3. The number of morpholine rings is 1. The van der Waals surface area contributed by atoms with Gasteiger partial charge in [0.15, 0.2) is 0 Å². The Bertz CT molecular complexity index is 461. The number of hydrogen-bond donors (Lipinski definition) is 1. The second-order valence-corrected chi connectivity index (χ2v) is 6.30. The van der Waals surface area contributed by atoms with Crippen molar-refractivity contribution >= 4 is 11.6 Å². The SMILES string of the molecule is CCn1nc(C)c(Cl)c1CN1CCOCC1CNC(C)C. The highest BCUT2D eigenvalue weighted by Crippen LogP contribution is 2.23. The lowest BCUT2D eigenvalue weighted by Gasteiger charge is -2.36. The van der Waals surface area contributed by atoms with Crippen LogP contribution in [0.4, 0.5) is 0 Å². The van der Waals surface area contributed by atoms with E-state index in [1.165, 1.54) is 0 Å². The Morgan fingerprint density at radius 3 is 2.90 bits per heavy atom. The Kier molecular flexibility index (Phi) is 6.05. The van der Waals surface area contributed by atoms with Crippen molar-refractivity contribution in [2.45, 2.75) is 52.9 Å². The third kappa shape index (κ3) is 4.19. The quantitative estimate of drug-likeness (QED) is 0.873. The third-order valence-electron chi connectivity index (χ3n) is 3.92. The van der Waals surface area contributed by atoms with Crippen molar-refractivity contribution in [1.29, 1.82) is 0 Å². The van der Waals surface area contributed by atoms with Crippen LogP contribution in [-0.2, 0) is 17.8 Å². The van der Waals surface area contributed by atoms with E-state index in [-0.39, 0.29) is 0 Å². The Morgan fingerprint density at radius 1 is 1.48 bits per heavy atom. The molecular weight excluding hydrogens is 288 g/mol. The van der Waals surface area contributed by atoms with Crippen LogP contribution in [0.1, 0.15) is 32.2 Å². The first-order chi connectivity index (χ1) is 10.0. The maximum atomic E-state index is 6.43. The monoisotopic (exact) mass is 314 g/mol. The standard InChI is InChI=1S/C15H27ClN4O/c1-5-20-14(15(16)12(4)18-20)9-19-6-7-21-10-13(19)8-17-11(2)3/h11,13,17H,5-10H2,1-4H3. The lowest BCUT2D eigenvalue weighted by molar-refractivity contribution is -0.0125. The van der Waals surface area contributed by atoms with Crippen LogP contribution < -0.4 is 5.32 Å². The van der Waals surface area contributed by atoms with Crippen molar-refractivity contribution < 1.29 is 4.74 Å². The average molecular weight is 315 g/mol. The molecule has 6 heteroatoms. The first kappa shape index (κ1) is 16.7. The molecule has 5 nitrogen and oxygen atoms in total. The van der Waals surface area contributed by atoms with Gasteiger partial charge in [-0.05, 0) is 13.8 Å². The highest BCUT2D eigenvalue weighted by Gasteiger charge is 2.25. The second kappa shape index (κ2) is 7.58. The summed E-state index contributed by atoms with van der Waals surface area (Å²) in [5.74, 6) is 0. The van der Waals surface area contributed by atoms with Gasteiger partial charge in [-0.3, -0.25) is 9.58 Å². The normalized spacial score (nSPS) is 20.4. The number of ether oxygens (including phenoxy) is 1. The molecule has 0 saturated carbocycles. The highest BCUT2D eigenvalue weighted by atomic mass is 35.5. The number of hydrogen-bond acceptors (Lipinski definition) is 4. The molecule has 2 rings (SSSR count). The fourth-order valence-electron chi connectivity index (χ4n) is 2.67. The Labute approximate surface area is 132 Å². The van der Waals surface area contributed by atoms with Crippen LogP contribution in [-0.4, -0.2) is 53.1 Å². The first-order valence-corrected chi connectivity index (χ1v) is 8.17. The molecule has 2 heterocycles. The number of rotatable bonds is 6. The minimum atomic E-state index is 0.387. The van der Waals surface area contributed by atoms with Gasteiger partial charge in [0, 0.05) is 38.3 Å². The van der Waals surface area contributed by atoms with Crippen LogP contribution in [0, 0.1) is 6.92 Å². The summed E-state index contributed by atoms with van der Waals surface area (Å²) in [6, 6.07) is 0.874. The Morgan fingerprint density at radius 2 is 2.24 bits per heavy atom. The van der Waals surface area contributed by atoms with E-state index in [1.807, 2.05) is 11.6 Å². The van der Waals surface area contributed by atoms with Gasteiger partial charge in [-0.15, -0.1) is 0 Å². The average Bonchev–Trinajstić information content (AvgIpc) is 2.74. The summed E-state index contributed by atoms with van der Waals surface area (Å²) in [7, 11) is 0. The van der Waals surface area contributed by atoms with Gasteiger partial charge in [-0.25, -0.2) is 0 Å². The zero-order chi connectivity index (χ0) is 15.4. The second-order valence-electron chi connectivity index (χ2n) is 5.92. The number of nitrogens with one attached hydrogen (secondary N) is 1. The molecule has 1 aromatic rings. The summed E-state index contributed by atoms with van der Waals surface area (Å²) in [5.41, 5.74) is 2.03. The molecular formula is C15H27ClN4O. The molecule has 120 valence electrons. The summed E-state index contributed by atoms with van der Waals surface area (Å²) in [5, 5.41) is 8.81. The van der Waals surface area contributed by atoms with E-state index in [0.29, 0.717) is 12.1 Å². The van der Waals surface area contributed by atoms with Crippen LogP contribution in [0.5, 0.6) is 0 Å². The first-order valence-electron chi connectivity index (χ1n) is 7.79. The molecule has 0 spiro atoms. The van der Waals surface area contributed by atoms with Gasteiger partial charge in [0.1, 0.15) is 0 Å². The number of aromatic nitrogens is 2. The summed E-state index contributed by atoms with van der Waals surface area (Å²) >= 11 is 6.43. The predicted octanol–water partition coefficient (Wildman–Crippen LogP) is 2.06. The predicted molar refractivity (Wildman–Crippen MR) is 85.8 cm³/mol. The lowest BCUT2D eigenvalue weighted by Crippen LogP contribution is -2.51. The lowest BCUT2D eigenvalue weighted by atomic mass is 10.2. The van der Waals surface area contributed by atoms with Crippen LogP contribution >= 0.6 is 11.6 Å². The topological polar surface area (TPSA) is 42.3 Å². The summed E-state index contributed by atoms with van der Waals surface area (Å²) in [6.45, 7) is 13.5. The fraction of sp³-hybridized carbons (Fsp3) is 0.800. The van der Waals surface area contributed by atoms with Crippen molar-refractivity contribution in [3.63, 3.8) is 0 Å². The highest BCUT2D eigenvalue weighted by molar-refractivity contribution is 6.31. The number of halogens is 1. The van der Waals surface area contributed by atoms with E-state index >= 15 is 0 Å². The molecule has 0 aromatic carbocycles.